The lowest BCUT2D eigenvalue weighted by Crippen LogP contribution is -2.48. The van der Waals surface area contributed by atoms with Crippen LogP contribution in [0.4, 0.5) is 11.4 Å². The van der Waals surface area contributed by atoms with Gasteiger partial charge >= 0.3 is 0 Å². The second-order valence-electron chi connectivity index (χ2n) is 8.63. The van der Waals surface area contributed by atoms with Gasteiger partial charge in [-0.3, -0.25) is 9.69 Å². The number of sulfonamides is 1. The van der Waals surface area contributed by atoms with Crippen molar-refractivity contribution in [2.45, 2.75) is 24.2 Å². The predicted octanol–water partition coefficient (Wildman–Crippen LogP) is 2.34. The van der Waals surface area contributed by atoms with Crippen molar-refractivity contribution in [3.05, 3.63) is 42.5 Å². The van der Waals surface area contributed by atoms with E-state index in [0.717, 1.165) is 24.9 Å². The highest BCUT2D eigenvalue weighted by molar-refractivity contribution is 7.89. The van der Waals surface area contributed by atoms with E-state index in [4.69, 9.17) is 4.74 Å². The molecule has 2 aliphatic heterocycles. The number of benzene rings is 2. The van der Waals surface area contributed by atoms with Crippen molar-refractivity contribution < 1.29 is 23.1 Å². The summed E-state index contributed by atoms with van der Waals surface area (Å²) < 4.78 is 33.0. The van der Waals surface area contributed by atoms with E-state index in [1.807, 2.05) is 17.0 Å². The van der Waals surface area contributed by atoms with Crippen LogP contribution in [0.1, 0.15) is 19.3 Å². The molecule has 9 nitrogen and oxygen atoms in total. The molecule has 2 aromatic carbocycles. The highest BCUT2D eigenvalue weighted by atomic mass is 32.2. The Bertz CT molecular complexity index is 1110. The third-order valence-corrected chi connectivity index (χ3v) is 8.25. The van der Waals surface area contributed by atoms with Crippen LogP contribution >= 0.6 is 0 Å². The predicted molar refractivity (Wildman–Crippen MR) is 131 cm³/mol. The number of methoxy groups -OCH3 is 1. The highest BCUT2D eigenvalue weighted by Crippen LogP contribution is 2.30. The number of nitrogens with zero attached hydrogens (tertiary/aromatic N) is 3. The van der Waals surface area contributed by atoms with Crippen LogP contribution in [-0.4, -0.2) is 81.6 Å². The number of carbonyl (C=O) groups excluding carboxylic acids is 1. The molecule has 2 heterocycles. The molecule has 0 bridgehead atoms. The van der Waals surface area contributed by atoms with Gasteiger partial charge < -0.3 is 20.1 Å². The SMILES string of the molecule is COc1ccc(S(=O)(=O)N2CCCCC2)cc1NC(=O)CN1CCN(c2ccccc2O)CC1. The number of anilines is 2. The Labute approximate surface area is 201 Å². The normalized spacial score (nSPS) is 18.0. The number of amides is 1. The Morgan fingerprint density at radius 3 is 2.38 bits per heavy atom. The lowest BCUT2D eigenvalue weighted by Gasteiger charge is -2.35. The molecule has 2 aliphatic rings. The van der Waals surface area contributed by atoms with Crippen LogP contribution in [0.5, 0.6) is 11.5 Å². The number of rotatable bonds is 7. The maximum absolute atomic E-state index is 13.1. The van der Waals surface area contributed by atoms with Crippen LogP contribution in [0.2, 0.25) is 0 Å². The number of carbonyl (C=O) groups is 1. The fourth-order valence-electron chi connectivity index (χ4n) is 4.47. The lowest BCUT2D eigenvalue weighted by molar-refractivity contribution is -0.117. The molecule has 0 unspecified atom stereocenters. The van der Waals surface area contributed by atoms with E-state index in [1.165, 1.54) is 23.5 Å². The number of aromatic hydroxyl groups is 1. The molecule has 1 amide bonds. The Kier molecular flexibility index (Phi) is 7.60. The van der Waals surface area contributed by atoms with Crippen LogP contribution < -0.4 is 15.0 Å². The summed E-state index contributed by atoms with van der Waals surface area (Å²) in [5.74, 6) is 0.428. The molecule has 34 heavy (non-hydrogen) atoms. The number of phenols is 1. The number of hydrogen-bond donors (Lipinski definition) is 2. The first-order chi connectivity index (χ1) is 16.4. The van der Waals surface area contributed by atoms with E-state index < -0.39 is 10.0 Å². The van der Waals surface area contributed by atoms with Crippen molar-refractivity contribution in [1.29, 1.82) is 0 Å². The van der Waals surface area contributed by atoms with Crippen molar-refractivity contribution in [2.24, 2.45) is 0 Å². The molecule has 184 valence electrons. The number of para-hydroxylation sites is 2. The summed E-state index contributed by atoms with van der Waals surface area (Å²) in [6.07, 6.45) is 2.75. The summed E-state index contributed by atoms with van der Waals surface area (Å²) in [6, 6.07) is 11.8. The number of hydrogen-bond acceptors (Lipinski definition) is 7. The monoisotopic (exact) mass is 488 g/mol. The van der Waals surface area contributed by atoms with Crippen LogP contribution in [-0.2, 0) is 14.8 Å². The molecule has 4 rings (SSSR count). The summed E-state index contributed by atoms with van der Waals surface area (Å²) in [6.45, 7) is 3.94. The molecule has 0 aliphatic carbocycles. The molecule has 0 atom stereocenters. The van der Waals surface area contributed by atoms with Crippen LogP contribution in [0.3, 0.4) is 0 Å². The van der Waals surface area contributed by atoms with Crippen molar-refractivity contribution in [1.82, 2.24) is 9.21 Å². The molecule has 10 heteroatoms. The first-order valence-electron chi connectivity index (χ1n) is 11.6. The first-order valence-corrected chi connectivity index (χ1v) is 13.1. The Balaban J connectivity index is 1.39. The van der Waals surface area contributed by atoms with Gasteiger partial charge in [-0.1, -0.05) is 18.6 Å². The number of nitrogens with one attached hydrogen (secondary N) is 1. The average Bonchev–Trinajstić information content (AvgIpc) is 2.85. The third kappa shape index (κ3) is 5.45. The molecule has 0 aromatic heterocycles. The smallest absolute Gasteiger partial charge is 0.243 e. The van der Waals surface area contributed by atoms with Gasteiger partial charge in [0.2, 0.25) is 15.9 Å². The summed E-state index contributed by atoms with van der Waals surface area (Å²) in [4.78, 5) is 17.1. The Morgan fingerprint density at radius 1 is 1.00 bits per heavy atom. The van der Waals surface area contributed by atoms with Crippen molar-refractivity contribution >= 4 is 27.3 Å². The number of piperidine rings is 1. The maximum Gasteiger partial charge on any atom is 0.243 e. The summed E-state index contributed by atoms with van der Waals surface area (Å²) in [5.41, 5.74) is 1.14. The van der Waals surface area contributed by atoms with Gasteiger partial charge in [-0.05, 0) is 43.2 Å². The minimum Gasteiger partial charge on any atom is -0.506 e. The second-order valence-corrected chi connectivity index (χ2v) is 10.6. The van der Waals surface area contributed by atoms with Crippen LogP contribution in [0.15, 0.2) is 47.4 Å². The first kappa shape index (κ1) is 24.3. The lowest BCUT2D eigenvalue weighted by atomic mass is 10.2. The minimum atomic E-state index is -3.62. The molecule has 0 spiro atoms. The Hall–Kier alpha value is -2.82. The summed E-state index contributed by atoms with van der Waals surface area (Å²) in [7, 11) is -2.13. The van der Waals surface area contributed by atoms with Gasteiger partial charge in [0.1, 0.15) is 11.5 Å². The number of phenolic OH excluding ortho intramolecular Hbond substituents is 1. The van der Waals surface area contributed by atoms with E-state index >= 15 is 0 Å². The highest BCUT2D eigenvalue weighted by Gasteiger charge is 2.27. The number of piperazine rings is 1. The maximum atomic E-state index is 13.1. The third-order valence-electron chi connectivity index (χ3n) is 6.36. The van der Waals surface area contributed by atoms with Gasteiger partial charge in [-0.2, -0.15) is 4.31 Å². The average molecular weight is 489 g/mol. The van der Waals surface area contributed by atoms with Gasteiger partial charge in [0.25, 0.3) is 0 Å². The largest absolute Gasteiger partial charge is 0.506 e. The fraction of sp³-hybridized carbons (Fsp3) is 0.458. The van der Waals surface area contributed by atoms with E-state index in [0.29, 0.717) is 50.7 Å². The molecular formula is C24H32N4O5S. The zero-order valence-corrected chi connectivity index (χ0v) is 20.3. The van der Waals surface area contributed by atoms with Gasteiger partial charge in [0.15, 0.2) is 0 Å². The quantitative estimate of drug-likeness (QED) is 0.617. The van der Waals surface area contributed by atoms with E-state index in [-0.39, 0.29) is 23.1 Å². The van der Waals surface area contributed by atoms with E-state index in [9.17, 15) is 18.3 Å². The van der Waals surface area contributed by atoms with E-state index in [2.05, 4.69) is 10.2 Å². The molecule has 2 aromatic rings. The second kappa shape index (κ2) is 10.6. The summed E-state index contributed by atoms with van der Waals surface area (Å²) in [5, 5.41) is 12.9. The van der Waals surface area contributed by atoms with Gasteiger partial charge in [0, 0.05) is 39.3 Å². The molecule has 2 saturated heterocycles. The van der Waals surface area contributed by atoms with Crippen LogP contribution in [0.25, 0.3) is 0 Å². The summed E-state index contributed by atoms with van der Waals surface area (Å²) >= 11 is 0. The molecule has 2 N–H and O–H groups in total. The van der Waals surface area contributed by atoms with Gasteiger partial charge in [-0.15, -0.1) is 0 Å². The van der Waals surface area contributed by atoms with E-state index in [1.54, 1.807) is 18.2 Å². The van der Waals surface area contributed by atoms with Gasteiger partial charge in [0.05, 0.1) is 29.9 Å². The van der Waals surface area contributed by atoms with Crippen molar-refractivity contribution in [2.75, 3.05) is 63.1 Å². The molecular weight excluding hydrogens is 456 g/mol. The molecule has 0 saturated carbocycles. The molecule has 0 radical (unpaired) electrons. The Morgan fingerprint density at radius 2 is 1.71 bits per heavy atom. The minimum absolute atomic E-state index is 0.154. The number of ether oxygens (including phenoxy) is 1. The zero-order chi connectivity index (χ0) is 24.1. The molecule has 2 fully saturated rings. The standard InChI is InChI=1S/C24H32N4O5S/c1-33-23-10-9-19(34(31,32)28-11-5-2-6-12-28)17-20(23)25-24(30)18-26-13-15-27(16-14-26)21-7-3-4-8-22(21)29/h3-4,7-10,17,29H,2,5-6,11-16,18H2,1H3,(H,25,30). The van der Waals surface area contributed by atoms with Gasteiger partial charge in [-0.25, -0.2) is 8.42 Å². The topological polar surface area (TPSA) is 102 Å². The fourth-order valence-corrected chi connectivity index (χ4v) is 6.01. The van der Waals surface area contributed by atoms with Crippen molar-refractivity contribution in [3.8, 4) is 11.5 Å². The van der Waals surface area contributed by atoms with Crippen molar-refractivity contribution in [3.63, 3.8) is 0 Å². The zero-order valence-electron chi connectivity index (χ0n) is 19.4. The van der Waals surface area contributed by atoms with Crippen LogP contribution in [0, 0.1) is 0 Å².